The first-order valence-corrected chi connectivity index (χ1v) is 10.2. The van der Waals surface area contributed by atoms with Crippen molar-refractivity contribution < 1.29 is 9.53 Å². The molecule has 0 radical (unpaired) electrons. The predicted molar refractivity (Wildman–Crippen MR) is 73.6 cm³/mol. The third kappa shape index (κ3) is 1.46. The highest BCUT2D eigenvalue weighted by Gasteiger charge is 2.73. The fourth-order valence-corrected chi connectivity index (χ4v) is 9.99. The third-order valence-electron chi connectivity index (χ3n) is 3.90. The first kappa shape index (κ1) is 12.7. The summed E-state index contributed by atoms with van der Waals surface area (Å²) in [6.07, 6.45) is 2.07. The number of ether oxygens (including phenoxy) is 1. The lowest BCUT2D eigenvalue weighted by atomic mass is 9.98. The van der Waals surface area contributed by atoms with Crippen molar-refractivity contribution in [2.45, 2.75) is 26.4 Å². The van der Waals surface area contributed by atoms with E-state index in [0.717, 1.165) is 0 Å². The molecule has 0 amide bonds. The maximum atomic E-state index is 11.9. The number of hydrogen-bond acceptors (Lipinski definition) is 4. The normalized spacial score (nSPS) is 44.9. The van der Waals surface area contributed by atoms with Crippen LogP contribution in [0.15, 0.2) is 11.4 Å². The molecule has 2 aliphatic rings. The second-order valence-electron chi connectivity index (χ2n) is 4.60. The third-order valence-corrected chi connectivity index (χ3v) is 11.9. The minimum atomic E-state index is -1.54. The van der Waals surface area contributed by atoms with Gasteiger partial charge >= 0.3 is 5.97 Å². The SMILES string of the molecule is CCOC(=O)C1C2C1(C)C(C)=CP2(=S)SC. The molecule has 0 saturated heterocycles. The van der Waals surface area contributed by atoms with Crippen LogP contribution < -0.4 is 0 Å². The smallest absolute Gasteiger partial charge is 0.310 e. The highest BCUT2D eigenvalue weighted by Crippen LogP contribution is 2.86. The van der Waals surface area contributed by atoms with Crippen LogP contribution in [-0.4, -0.2) is 24.5 Å². The Balaban J connectivity index is 2.29. The van der Waals surface area contributed by atoms with Crippen LogP contribution in [0.5, 0.6) is 0 Å². The summed E-state index contributed by atoms with van der Waals surface area (Å²) in [5.41, 5.74) is 1.66. The summed E-state index contributed by atoms with van der Waals surface area (Å²) in [6, 6.07) is 0. The lowest BCUT2D eigenvalue weighted by molar-refractivity contribution is -0.145. The zero-order valence-corrected chi connectivity index (χ0v) is 12.5. The van der Waals surface area contributed by atoms with Crippen molar-refractivity contribution in [1.29, 1.82) is 0 Å². The van der Waals surface area contributed by atoms with E-state index in [-0.39, 0.29) is 17.3 Å². The Morgan fingerprint density at radius 1 is 1.75 bits per heavy atom. The van der Waals surface area contributed by atoms with Crippen LogP contribution in [0.2, 0.25) is 0 Å². The lowest BCUT2D eigenvalue weighted by Crippen LogP contribution is -2.13. The van der Waals surface area contributed by atoms with Gasteiger partial charge in [0.25, 0.3) is 0 Å². The van der Waals surface area contributed by atoms with Gasteiger partial charge in [-0.3, -0.25) is 4.79 Å². The molecular weight excluding hydrogens is 259 g/mol. The van der Waals surface area contributed by atoms with Gasteiger partial charge in [0.15, 0.2) is 0 Å². The van der Waals surface area contributed by atoms with Crippen LogP contribution in [0, 0.1) is 11.3 Å². The molecule has 0 aromatic rings. The van der Waals surface area contributed by atoms with Crippen molar-refractivity contribution in [3.63, 3.8) is 0 Å². The summed E-state index contributed by atoms with van der Waals surface area (Å²) in [7, 11) is 0. The van der Waals surface area contributed by atoms with Gasteiger partial charge in [-0.25, -0.2) is 0 Å². The van der Waals surface area contributed by atoms with Crippen LogP contribution >= 0.6 is 16.6 Å². The fourth-order valence-electron chi connectivity index (χ4n) is 2.81. The highest BCUT2D eigenvalue weighted by molar-refractivity contribution is 8.72. The highest BCUT2D eigenvalue weighted by atomic mass is 32.9. The lowest BCUT2D eigenvalue weighted by Gasteiger charge is -2.13. The molecule has 16 heavy (non-hydrogen) atoms. The van der Waals surface area contributed by atoms with Gasteiger partial charge in [-0.1, -0.05) is 24.3 Å². The topological polar surface area (TPSA) is 26.3 Å². The van der Waals surface area contributed by atoms with Crippen molar-refractivity contribution in [2.24, 2.45) is 11.3 Å². The molecule has 90 valence electrons. The van der Waals surface area contributed by atoms with Crippen molar-refractivity contribution >= 4 is 34.4 Å². The summed E-state index contributed by atoms with van der Waals surface area (Å²) in [5, 5.41) is -1.54. The molecular formula is C11H17O2PS2. The minimum Gasteiger partial charge on any atom is -0.466 e. The van der Waals surface area contributed by atoms with Crippen molar-refractivity contribution in [1.82, 2.24) is 0 Å². The van der Waals surface area contributed by atoms with E-state index in [0.29, 0.717) is 12.3 Å². The Kier molecular flexibility index (Phi) is 3.05. The van der Waals surface area contributed by atoms with Gasteiger partial charge in [0.1, 0.15) is 0 Å². The van der Waals surface area contributed by atoms with Crippen LogP contribution in [0.4, 0.5) is 0 Å². The average Bonchev–Trinajstić information content (AvgIpc) is 2.81. The molecule has 1 saturated carbocycles. The van der Waals surface area contributed by atoms with E-state index in [1.54, 1.807) is 11.4 Å². The Labute approximate surface area is 106 Å². The van der Waals surface area contributed by atoms with E-state index in [4.69, 9.17) is 16.5 Å². The van der Waals surface area contributed by atoms with E-state index in [1.165, 1.54) is 5.57 Å². The van der Waals surface area contributed by atoms with Crippen molar-refractivity contribution in [3.05, 3.63) is 11.4 Å². The summed E-state index contributed by atoms with van der Waals surface area (Å²) in [5.74, 6) is 2.23. The second-order valence-corrected chi connectivity index (χ2v) is 12.5. The molecule has 0 aromatic carbocycles. The van der Waals surface area contributed by atoms with E-state index in [2.05, 4.69) is 25.9 Å². The van der Waals surface area contributed by atoms with Gasteiger partial charge in [0.2, 0.25) is 0 Å². The monoisotopic (exact) mass is 276 g/mol. The molecule has 0 aromatic heterocycles. The largest absolute Gasteiger partial charge is 0.466 e. The molecule has 2 nitrogen and oxygen atoms in total. The number of rotatable bonds is 3. The first-order valence-electron chi connectivity index (χ1n) is 5.43. The number of allylic oxidation sites excluding steroid dienone is 1. The Hall–Kier alpha value is 0.210. The van der Waals surface area contributed by atoms with Gasteiger partial charge in [-0.05, 0) is 25.9 Å². The van der Waals surface area contributed by atoms with E-state index in [9.17, 15) is 4.79 Å². The van der Waals surface area contributed by atoms with Gasteiger partial charge in [-0.2, -0.15) is 0 Å². The summed E-state index contributed by atoms with van der Waals surface area (Å²) < 4.78 is 5.15. The van der Waals surface area contributed by atoms with Gasteiger partial charge in [-0.15, -0.1) is 11.4 Å². The summed E-state index contributed by atoms with van der Waals surface area (Å²) >= 11 is 7.52. The number of esters is 1. The van der Waals surface area contributed by atoms with Gasteiger partial charge < -0.3 is 4.74 Å². The zero-order chi connectivity index (χ0) is 12.1. The number of fused-ring (bicyclic) bond motifs is 1. The molecule has 5 heteroatoms. The average molecular weight is 276 g/mol. The van der Waals surface area contributed by atoms with Crippen LogP contribution in [-0.2, 0) is 21.3 Å². The first-order chi connectivity index (χ1) is 7.41. The van der Waals surface area contributed by atoms with Crippen LogP contribution in [0.25, 0.3) is 0 Å². The van der Waals surface area contributed by atoms with Crippen LogP contribution in [0.3, 0.4) is 0 Å². The standard InChI is InChI=1S/C11H17O2PS2/c1-5-13-10(12)8-9-11(8,3)7(2)6-14(9,15)16-4/h6,8-9H,5H2,1-4H3. The molecule has 1 aliphatic heterocycles. The summed E-state index contributed by atoms with van der Waals surface area (Å²) in [4.78, 5) is 11.9. The Bertz CT molecular complexity index is 418. The zero-order valence-electron chi connectivity index (χ0n) is 10.0. The molecule has 1 fully saturated rings. The maximum absolute atomic E-state index is 11.9. The Morgan fingerprint density at radius 2 is 2.38 bits per heavy atom. The van der Waals surface area contributed by atoms with Gasteiger partial charge in [0, 0.05) is 16.3 Å². The quantitative estimate of drug-likeness (QED) is 0.584. The number of carbonyl (C=O) groups is 1. The molecule has 4 unspecified atom stereocenters. The van der Waals surface area contributed by atoms with E-state index in [1.807, 2.05) is 6.92 Å². The molecule has 1 heterocycles. The van der Waals surface area contributed by atoms with E-state index >= 15 is 0 Å². The number of carbonyl (C=O) groups excluding carboxylic acids is 1. The summed E-state index contributed by atoms with van der Waals surface area (Å²) in [6.45, 7) is 6.58. The Morgan fingerprint density at radius 3 is 2.88 bits per heavy atom. The molecule has 0 bridgehead atoms. The van der Waals surface area contributed by atoms with E-state index < -0.39 is 5.24 Å². The molecule has 4 atom stereocenters. The predicted octanol–water partition coefficient (Wildman–Crippen LogP) is 3.23. The van der Waals surface area contributed by atoms with Crippen molar-refractivity contribution in [3.8, 4) is 0 Å². The molecule has 0 N–H and O–H groups in total. The van der Waals surface area contributed by atoms with Crippen molar-refractivity contribution in [2.75, 3.05) is 12.9 Å². The molecule has 1 aliphatic carbocycles. The maximum Gasteiger partial charge on any atom is 0.310 e. The van der Waals surface area contributed by atoms with Crippen LogP contribution in [0.1, 0.15) is 20.8 Å². The number of hydrogen-bond donors (Lipinski definition) is 0. The second kappa shape index (κ2) is 3.86. The fraction of sp³-hybridized carbons (Fsp3) is 0.727. The molecule has 0 spiro atoms. The molecule has 2 rings (SSSR count). The van der Waals surface area contributed by atoms with Gasteiger partial charge in [0.05, 0.1) is 12.5 Å². The minimum absolute atomic E-state index is 0.00475.